The number of phenols is 1. The van der Waals surface area contributed by atoms with Crippen molar-refractivity contribution in [2.24, 2.45) is 5.73 Å². The van der Waals surface area contributed by atoms with E-state index in [1.807, 2.05) is 27.7 Å². The third-order valence-electron chi connectivity index (χ3n) is 3.81. The molecule has 0 saturated carbocycles. The minimum absolute atomic E-state index is 0.0368. The standard InChI is InChI=1S/C13H18BNO4/c1-12(2)13(3,4)19-14(18-12)10-7-8(16)5-6-9(10)11(15)17/h5-7,16H,1-4H3,(H2,15,17). The van der Waals surface area contributed by atoms with E-state index in [2.05, 4.69) is 0 Å². The van der Waals surface area contributed by atoms with Crippen LogP contribution in [0.4, 0.5) is 0 Å². The molecule has 6 heteroatoms. The molecule has 0 spiro atoms. The predicted molar refractivity (Wildman–Crippen MR) is 72.3 cm³/mol. The summed E-state index contributed by atoms with van der Waals surface area (Å²) in [5.41, 5.74) is 5.04. The highest BCUT2D eigenvalue weighted by Gasteiger charge is 2.52. The summed E-state index contributed by atoms with van der Waals surface area (Å²) in [6.07, 6.45) is 0. The van der Waals surface area contributed by atoms with Gasteiger partial charge in [0.1, 0.15) is 5.75 Å². The maximum atomic E-state index is 11.4. The van der Waals surface area contributed by atoms with Gasteiger partial charge in [-0.05, 0) is 51.4 Å². The number of carbonyl (C=O) groups is 1. The third kappa shape index (κ3) is 2.33. The molecule has 0 bridgehead atoms. The van der Waals surface area contributed by atoms with Crippen molar-refractivity contribution in [1.82, 2.24) is 0 Å². The van der Waals surface area contributed by atoms with E-state index in [1.165, 1.54) is 18.2 Å². The molecule has 1 saturated heterocycles. The lowest BCUT2D eigenvalue weighted by molar-refractivity contribution is 0.00578. The summed E-state index contributed by atoms with van der Waals surface area (Å²) >= 11 is 0. The molecule has 1 aliphatic heterocycles. The number of phenolic OH excluding ortho intramolecular Hbond substituents is 1. The molecule has 0 aromatic heterocycles. The van der Waals surface area contributed by atoms with Gasteiger partial charge in [-0.1, -0.05) is 0 Å². The van der Waals surface area contributed by atoms with Crippen molar-refractivity contribution in [3.63, 3.8) is 0 Å². The normalized spacial score (nSPS) is 20.5. The highest BCUT2D eigenvalue weighted by Crippen LogP contribution is 2.36. The third-order valence-corrected chi connectivity index (χ3v) is 3.81. The molecule has 1 fully saturated rings. The summed E-state index contributed by atoms with van der Waals surface area (Å²) in [6, 6.07) is 4.33. The molecular formula is C13H18BNO4. The van der Waals surface area contributed by atoms with E-state index in [4.69, 9.17) is 15.0 Å². The maximum absolute atomic E-state index is 11.4. The number of rotatable bonds is 2. The summed E-state index contributed by atoms with van der Waals surface area (Å²) in [5, 5.41) is 9.58. The number of hydrogen-bond acceptors (Lipinski definition) is 4. The van der Waals surface area contributed by atoms with Gasteiger partial charge in [0.2, 0.25) is 5.91 Å². The van der Waals surface area contributed by atoms with E-state index in [0.29, 0.717) is 5.46 Å². The van der Waals surface area contributed by atoms with Crippen LogP contribution in [0.15, 0.2) is 18.2 Å². The lowest BCUT2D eigenvalue weighted by atomic mass is 9.75. The molecule has 0 radical (unpaired) electrons. The molecule has 3 N–H and O–H groups in total. The number of hydrogen-bond donors (Lipinski definition) is 2. The molecule has 0 unspecified atom stereocenters. The molecule has 19 heavy (non-hydrogen) atoms. The molecular weight excluding hydrogens is 245 g/mol. The van der Waals surface area contributed by atoms with Crippen molar-refractivity contribution in [3.8, 4) is 5.75 Å². The summed E-state index contributed by atoms with van der Waals surface area (Å²) in [7, 11) is -0.723. The minimum Gasteiger partial charge on any atom is -0.508 e. The summed E-state index contributed by atoms with van der Waals surface area (Å²) in [4.78, 5) is 11.4. The van der Waals surface area contributed by atoms with Crippen molar-refractivity contribution >= 4 is 18.5 Å². The monoisotopic (exact) mass is 263 g/mol. The highest BCUT2D eigenvalue weighted by atomic mass is 16.7. The van der Waals surface area contributed by atoms with Crippen LogP contribution in [-0.2, 0) is 9.31 Å². The van der Waals surface area contributed by atoms with E-state index in [-0.39, 0.29) is 11.3 Å². The quantitative estimate of drug-likeness (QED) is 0.773. The van der Waals surface area contributed by atoms with E-state index >= 15 is 0 Å². The van der Waals surface area contributed by atoms with Crippen LogP contribution in [0.2, 0.25) is 0 Å². The van der Waals surface area contributed by atoms with E-state index in [9.17, 15) is 9.90 Å². The fourth-order valence-electron chi connectivity index (χ4n) is 1.94. The van der Waals surface area contributed by atoms with Gasteiger partial charge in [-0.15, -0.1) is 0 Å². The molecule has 2 rings (SSSR count). The molecule has 1 aromatic carbocycles. The first-order valence-corrected chi connectivity index (χ1v) is 6.12. The van der Waals surface area contributed by atoms with Crippen molar-refractivity contribution in [3.05, 3.63) is 23.8 Å². The smallest absolute Gasteiger partial charge is 0.495 e. The van der Waals surface area contributed by atoms with Crippen LogP contribution < -0.4 is 11.2 Å². The Balaban J connectivity index is 2.44. The van der Waals surface area contributed by atoms with Gasteiger partial charge in [-0.25, -0.2) is 0 Å². The van der Waals surface area contributed by atoms with Crippen LogP contribution in [0.5, 0.6) is 5.75 Å². The molecule has 1 aromatic rings. The Morgan fingerprint density at radius 3 is 2.21 bits per heavy atom. The van der Waals surface area contributed by atoms with E-state index in [1.54, 1.807) is 0 Å². The van der Waals surface area contributed by atoms with Gasteiger partial charge < -0.3 is 20.1 Å². The van der Waals surface area contributed by atoms with Gasteiger partial charge in [0.05, 0.1) is 11.2 Å². The Morgan fingerprint density at radius 1 is 1.21 bits per heavy atom. The SMILES string of the molecule is CC1(C)OB(c2cc(O)ccc2C(N)=O)OC1(C)C. The predicted octanol–water partition coefficient (Wildman–Crippen LogP) is 0.790. The number of nitrogens with two attached hydrogens (primary N) is 1. The van der Waals surface area contributed by atoms with Gasteiger partial charge >= 0.3 is 7.12 Å². The zero-order valence-corrected chi connectivity index (χ0v) is 11.6. The Kier molecular flexibility index (Phi) is 3.11. The van der Waals surface area contributed by atoms with Crippen molar-refractivity contribution in [1.29, 1.82) is 0 Å². The second-order valence-electron chi connectivity index (χ2n) is 5.72. The average molecular weight is 263 g/mol. The van der Waals surface area contributed by atoms with Crippen LogP contribution in [0.3, 0.4) is 0 Å². The van der Waals surface area contributed by atoms with Crippen molar-refractivity contribution < 1.29 is 19.2 Å². The zero-order chi connectivity index (χ0) is 14.4. The first-order chi connectivity index (χ1) is 8.64. The molecule has 5 nitrogen and oxygen atoms in total. The van der Waals surface area contributed by atoms with Crippen LogP contribution in [0.25, 0.3) is 0 Å². The number of carbonyl (C=O) groups excluding carboxylic acids is 1. The Bertz CT molecular complexity index is 511. The van der Waals surface area contributed by atoms with Crippen LogP contribution in [0.1, 0.15) is 38.1 Å². The average Bonchev–Trinajstić information content (AvgIpc) is 2.47. The lowest BCUT2D eigenvalue weighted by Gasteiger charge is -2.32. The van der Waals surface area contributed by atoms with Crippen molar-refractivity contribution in [2.45, 2.75) is 38.9 Å². The fourth-order valence-corrected chi connectivity index (χ4v) is 1.94. The number of aromatic hydroxyl groups is 1. The molecule has 1 amide bonds. The fraction of sp³-hybridized carbons (Fsp3) is 0.462. The van der Waals surface area contributed by atoms with Gasteiger partial charge in [-0.2, -0.15) is 0 Å². The second kappa shape index (κ2) is 4.25. The Morgan fingerprint density at radius 2 is 1.74 bits per heavy atom. The summed E-state index contributed by atoms with van der Waals surface area (Å²) in [6.45, 7) is 7.67. The number of amides is 1. The summed E-state index contributed by atoms with van der Waals surface area (Å²) in [5.74, 6) is -0.542. The van der Waals surface area contributed by atoms with Gasteiger partial charge in [0.25, 0.3) is 0 Å². The topological polar surface area (TPSA) is 81.8 Å². The molecule has 0 aliphatic carbocycles. The first kappa shape index (κ1) is 13.9. The van der Waals surface area contributed by atoms with Gasteiger partial charge in [-0.3, -0.25) is 4.79 Å². The maximum Gasteiger partial charge on any atom is 0.495 e. The van der Waals surface area contributed by atoms with Gasteiger partial charge in [0.15, 0.2) is 0 Å². The molecule has 102 valence electrons. The van der Waals surface area contributed by atoms with Gasteiger partial charge in [0, 0.05) is 5.56 Å². The number of benzene rings is 1. The van der Waals surface area contributed by atoms with Crippen LogP contribution >= 0.6 is 0 Å². The number of primary amides is 1. The van der Waals surface area contributed by atoms with Crippen LogP contribution in [0, 0.1) is 0 Å². The summed E-state index contributed by atoms with van der Waals surface area (Å²) < 4.78 is 11.7. The van der Waals surface area contributed by atoms with Crippen LogP contribution in [-0.4, -0.2) is 29.3 Å². The lowest BCUT2D eigenvalue weighted by Crippen LogP contribution is -2.41. The first-order valence-electron chi connectivity index (χ1n) is 6.12. The molecule has 1 heterocycles. The van der Waals surface area contributed by atoms with Crippen molar-refractivity contribution in [2.75, 3.05) is 0 Å². The Labute approximate surface area is 112 Å². The largest absolute Gasteiger partial charge is 0.508 e. The molecule has 1 aliphatic rings. The second-order valence-corrected chi connectivity index (χ2v) is 5.72. The minimum atomic E-state index is -0.723. The Hall–Kier alpha value is -1.53. The van der Waals surface area contributed by atoms with E-state index in [0.717, 1.165) is 0 Å². The highest BCUT2D eigenvalue weighted by molar-refractivity contribution is 6.63. The van der Waals surface area contributed by atoms with E-state index < -0.39 is 24.2 Å². The molecule has 0 atom stereocenters. The zero-order valence-electron chi connectivity index (χ0n) is 11.6.